The fourth-order valence-electron chi connectivity index (χ4n) is 2.04. The Morgan fingerprint density at radius 2 is 2.33 bits per heavy atom. The van der Waals surface area contributed by atoms with Crippen molar-refractivity contribution in [3.05, 3.63) is 11.7 Å². The Balaban J connectivity index is 2.07. The first-order chi connectivity index (χ1) is 7.20. The fourth-order valence-corrected chi connectivity index (χ4v) is 2.04. The molecule has 0 spiro atoms. The molecule has 2 N–H and O–H groups in total. The van der Waals surface area contributed by atoms with Gasteiger partial charge < -0.3 is 10.3 Å². The number of rotatable bonds is 3. The summed E-state index contributed by atoms with van der Waals surface area (Å²) in [6, 6.07) is 0.314. The summed E-state index contributed by atoms with van der Waals surface area (Å²) in [4.78, 5) is 4.46. The van der Waals surface area contributed by atoms with Crippen LogP contribution in [0.5, 0.6) is 0 Å². The topological polar surface area (TPSA) is 64.9 Å². The summed E-state index contributed by atoms with van der Waals surface area (Å²) in [6.07, 6.45) is 4.19. The maximum absolute atomic E-state index is 5.87. The molecule has 1 aromatic rings. The Labute approximate surface area is 90.2 Å². The number of nitrogens with zero attached hydrogens (tertiary/aromatic N) is 2. The molecule has 4 heteroatoms. The highest BCUT2D eigenvalue weighted by Gasteiger charge is 2.28. The molecular weight excluding hydrogens is 190 g/mol. The largest absolute Gasteiger partial charge is 0.339 e. The van der Waals surface area contributed by atoms with Crippen molar-refractivity contribution in [2.24, 2.45) is 5.73 Å². The standard InChI is InChI=1S/C11H19N3O/c1-3-7(2)10-13-11(15-14-10)8-4-5-9(12)6-8/h7-9H,3-6,12H2,1-2H3. The van der Waals surface area contributed by atoms with Gasteiger partial charge in [-0.1, -0.05) is 19.0 Å². The van der Waals surface area contributed by atoms with Crippen LogP contribution in [0.4, 0.5) is 0 Å². The SMILES string of the molecule is CCC(C)c1noc(C2CCC(N)C2)n1. The van der Waals surface area contributed by atoms with Crippen molar-refractivity contribution >= 4 is 0 Å². The highest BCUT2D eigenvalue weighted by molar-refractivity contribution is 5.01. The molecule has 4 nitrogen and oxygen atoms in total. The van der Waals surface area contributed by atoms with Crippen LogP contribution in [0.3, 0.4) is 0 Å². The molecule has 1 heterocycles. The Morgan fingerprint density at radius 1 is 1.53 bits per heavy atom. The lowest BCUT2D eigenvalue weighted by molar-refractivity contribution is 0.347. The summed E-state index contributed by atoms with van der Waals surface area (Å²) in [5.41, 5.74) is 5.87. The van der Waals surface area contributed by atoms with Crippen molar-refractivity contribution in [1.29, 1.82) is 0 Å². The second kappa shape index (κ2) is 4.31. The summed E-state index contributed by atoms with van der Waals surface area (Å²) in [5, 5.41) is 4.03. The third-order valence-corrected chi connectivity index (χ3v) is 3.33. The van der Waals surface area contributed by atoms with Crippen molar-refractivity contribution in [2.45, 2.75) is 57.4 Å². The molecule has 1 saturated carbocycles. The van der Waals surface area contributed by atoms with Crippen molar-refractivity contribution in [1.82, 2.24) is 10.1 Å². The molecule has 0 saturated heterocycles. The lowest BCUT2D eigenvalue weighted by Gasteiger charge is -2.02. The molecule has 3 atom stereocenters. The van der Waals surface area contributed by atoms with Gasteiger partial charge in [0.05, 0.1) is 0 Å². The van der Waals surface area contributed by atoms with Gasteiger partial charge in [0.2, 0.25) is 5.89 Å². The molecule has 0 aromatic carbocycles. The average Bonchev–Trinajstić information content (AvgIpc) is 2.84. The van der Waals surface area contributed by atoms with E-state index in [1.807, 2.05) is 0 Å². The monoisotopic (exact) mass is 209 g/mol. The second-order valence-electron chi connectivity index (χ2n) is 4.57. The number of aromatic nitrogens is 2. The Kier molecular flexibility index (Phi) is 3.05. The smallest absolute Gasteiger partial charge is 0.229 e. The molecule has 0 bridgehead atoms. The Morgan fingerprint density at radius 3 is 2.93 bits per heavy atom. The molecule has 15 heavy (non-hydrogen) atoms. The predicted octanol–water partition coefficient (Wildman–Crippen LogP) is 2.18. The zero-order valence-electron chi connectivity index (χ0n) is 9.44. The number of hydrogen-bond acceptors (Lipinski definition) is 4. The normalized spacial score (nSPS) is 28.2. The van der Waals surface area contributed by atoms with Crippen LogP contribution in [0.15, 0.2) is 4.52 Å². The third-order valence-electron chi connectivity index (χ3n) is 3.33. The molecule has 0 amide bonds. The van der Waals surface area contributed by atoms with Gasteiger partial charge in [-0.3, -0.25) is 0 Å². The van der Waals surface area contributed by atoms with E-state index in [2.05, 4.69) is 24.0 Å². The summed E-state index contributed by atoms with van der Waals surface area (Å²) < 4.78 is 5.30. The summed E-state index contributed by atoms with van der Waals surface area (Å²) in [5.74, 6) is 2.41. The molecule has 2 rings (SSSR count). The van der Waals surface area contributed by atoms with Crippen molar-refractivity contribution < 1.29 is 4.52 Å². The van der Waals surface area contributed by atoms with Gasteiger partial charge in [-0.15, -0.1) is 0 Å². The van der Waals surface area contributed by atoms with E-state index in [0.29, 0.717) is 17.9 Å². The van der Waals surface area contributed by atoms with Gasteiger partial charge in [0.15, 0.2) is 5.82 Å². The predicted molar refractivity (Wildman–Crippen MR) is 57.6 cm³/mol. The minimum Gasteiger partial charge on any atom is -0.339 e. The maximum Gasteiger partial charge on any atom is 0.229 e. The van der Waals surface area contributed by atoms with E-state index >= 15 is 0 Å². The molecule has 84 valence electrons. The van der Waals surface area contributed by atoms with Crippen molar-refractivity contribution in [3.63, 3.8) is 0 Å². The van der Waals surface area contributed by atoms with Crippen LogP contribution >= 0.6 is 0 Å². The fraction of sp³-hybridized carbons (Fsp3) is 0.818. The van der Waals surface area contributed by atoms with Gasteiger partial charge in [0.1, 0.15) is 0 Å². The van der Waals surface area contributed by atoms with Crippen LogP contribution in [-0.2, 0) is 0 Å². The first kappa shape index (κ1) is 10.6. The molecule has 0 aliphatic heterocycles. The van der Waals surface area contributed by atoms with E-state index in [4.69, 9.17) is 10.3 Å². The van der Waals surface area contributed by atoms with Crippen LogP contribution in [0.1, 0.15) is 63.1 Å². The van der Waals surface area contributed by atoms with Crippen LogP contribution < -0.4 is 5.73 Å². The summed E-state index contributed by atoms with van der Waals surface area (Å²) in [6.45, 7) is 4.25. The first-order valence-electron chi connectivity index (χ1n) is 5.79. The van der Waals surface area contributed by atoms with Gasteiger partial charge in [0, 0.05) is 17.9 Å². The molecule has 1 aliphatic carbocycles. The van der Waals surface area contributed by atoms with Crippen molar-refractivity contribution in [3.8, 4) is 0 Å². The van der Waals surface area contributed by atoms with Gasteiger partial charge in [-0.05, 0) is 25.7 Å². The highest BCUT2D eigenvalue weighted by Crippen LogP contribution is 2.33. The van der Waals surface area contributed by atoms with E-state index in [9.17, 15) is 0 Å². The van der Waals surface area contributed by atoms with E-state index in [-0.39, 0.29) is 0 Å². The first-order valence-corrected chi connectivity index (χ1v) is 5.79. The second-order valence-corrected chi connectivity index (χ2v) is 4.57. The minimum absolute atomic E-state index is 0.314. The zero-order chi connectivity index (χ0) is 10.8. The maximum atomic E-state index is 5.87. The van der Waals surface area contributed by atoms with Gasteiger partial charge in [-0.2, -0.15) is 4.98 Å². The van der Waals surface area contributed by atoms with Gasteiger partial charge >= 0.3 is 0 Å². The molecular formula is C11H19N3O. The van der Waals surface area contributed by atoms with Gasteiger partial charge in [0.25, 0.3) is 0 Å². The number of hydrogen-bond donors (Lipinski definition) is 1. The Hall–Kier alpha value is -0.900. The third kappa shape index (κ3) is 2.20. The minimum atomic E-state index is 0.314. The zero-order valence-corrected chi connectivity index (χ0v) is 9.44. The quantitative estimate of drug-likeness (QED) is 0.828. The molecule has 3 unspecified atom stereocenters. The van der Waals surface area contributed by atoms with Gasteiger partial charge in [-0.25, -0.2) is 0 Å². The van der Waals surface area contributed by atoms with E-state index in [0.717, 1.165) is 37.4 Å². The molecule has 1 aliphatic rings. The summed E-state index contributed by atoms with van der Waals surface area (Å²) >= 11 is 0. The lowest BCUT2D eigenvalue weighted by atomic mass is 10.1. The summed E-state index contributed by atoms with van der Waals surface area (Å²) in [7, 11) is 0. The average molecular weight is 209 g/mol. The van der Waals surface area contributed by atoms with E-state index < -0.39 is 0 Å². The molecule has 1 aromatic heterocycles. The van der Waals surface area contributed by atoms with Crippen LogP contribution in [-0.4, -0.2) is 16.2 Å². The highest BCUT2D eigenvalue weighted by atomic mass is 16.5. The van der Waals surface area contributed by atoms with Crippen LogP contribution in [0.25, 0.3) is 0 Å². The number of nitrogens with two attached hydrogens (primary N) is 1. The van der Waals surface area contributed by atoms with Crippen LogP contribution in [0.2, 0.25) is 0 Å². The van der Waals surface area contributed by atoms with E-state index in [1.54, 1.807) is 0 Å². The molecule has 0 radical (unpaired) electrons. The van der Waals surface area contributed by atoms with E-state index in [1.165, 1.54) is 0 Å². The Bertz CT molecular complexity index is 323. The lowest BCUT2D eigenvalue weighted by Crippen LogP contribution is -2.14. The van der Waals surface area contributed by atoms with Crippen molar-refractivity contribution in [2.75, 3.05) is 0 Å². The molecule has 1 fully saturated rings. The van der Waals surface area contributed by atoms with Crippen LogP contribution in [0, 0.1) is 0 Å².